The Labute approximate surface area is 193 Å². The average molecular weight is 451 g/mol. The Morgan fingerprint density at radius 2 is 1.75 bits per heavy atom. The molecule has 0 N–H and O–H groups in total. The zero-order valence-corrected chi connectivity index (χ0v) is 19.1. The van der Waals surface area contributed by atoms with Crippen molar-refractivity contribution in [2.24, 2.45) is 0 Å². The van der Waals surface area contributed by atoms with Crippen LogP contribution in [0.1, 0.15) is 37.2 Å². The van der Waals surface area contributed by atoms with E-state index in [-0.39, 0.29) is 18.3 Å². The fourth-order valence-electron chi connectivity index (χ4n) is 4.33. The fraction of sp³-hybridized carbons (Fsp3) is 0.333. The van der Waals surface area contributed by atoms with Crippen LogP contribution in [0.4, 0.5) is 5.69 Å². The molecule has 1 aliphatic rings. The van der Waals surface area contributed by atoms with Gasteiger partial charge in [0.05, 0.1) is 30.4 Å². The largest absolute Gasteiger partial charge is 0.480 e. The molecule has 0 spiro atoms. The number of para-hydroxylation sites is 1. The maximum Gasteiger partial charge on any atom is 0.228 e. The van der Waals surface area contributed by atoms with Crippen molar-refractivity contribution >= 4 is 29.1 Å². The molecule has 1 fully saturated rings. The van der Waals surface area contributed by atoms with Crippen LogP contribution >= 0.6 is 12.4 Å². The summed E-state index contributed by atoms with van der Waals surface area (Å²) in [5.41, 5.74) is 3.93. The number of fused-ring (bicyclic) bond motifs is 1. The van der Waals surface area contributed by atoms with E-state index < -0.39 is 0 Å². The van der Waals surface area contributed by atoms with E-state index in [0.29, 0.717) is 5.88 Å². The monoisotopic (exact) mass is 450 g/mol. The van der Waals surface area contributed by atoms with Gasteiger partial charge in [-0.3, -0.25) is 4.98 Å². The van der Waals surface area contributed by atoms with E-state index in [1.54, 1.807) is 7.11 Å². The predicted octanol–water partition coefficient (Wildman–Crippen LogP) is 4.59. The van der Waals surface area contributed by atoms with Gasteiger partial charge in [-0.25, -0.2) is 9.67 Å². The summed E-state index contributed by atoms with van der Waals surface area (Å²) in [6, 6.07) is 14.2. The van der Waals surface area contributed by atoms with Crippen LogP contribution in [0.3, 0.4) is 0 Å². The molecule has 1 saturated heterocycles. The minimum absolute atomic E-state index is 0. The Morgan fingerprint density at radius 1 is 1.00 bits per heavy atom. The van der Waals surface area contributed by atoms with Crippen molar-refractivity contribution in [3.05, 3.63) is 66.4 Å². The van der Waals surface area contributed by atoms with Crippen LogP contribution in [0, 0.1) is 0 Å². The molecule has 0 aliphatic carbocycles. The number of hydrogen-bond donors (Lipinski definition) is 0. The number of hydrogen-bond acceptors (Lipinski definition) is 6. The summed E-state index contributed by atoms with van der Waals surface area (Å²) in [5.74, 6) is 1.75. The van der Waals surface area contributed by atoms with Gasteiger partial charge in [0.15, 0.2) is 5.65 Å². The van der Waals surface area contributed by atoms with Gasteiger partial charge in [0.2, 0.25) is 5.88 Å². The molecule has 0 radical (unpaired) electrons. The number of anilines is 1. The van der Waals surface area contributed by atoms with Gasteiger partial charge >= 0.3 is 0 Å². The van der Waals surface area contributed by atoms with Gasteiger partial charge < -0.3 is 9.64 Å². The molecule has 0 amide bonds. The van der Waals surface area contributed by atoms with E-state index >= 15 is 0 Å². The highest BCUT2D eigenvalue weighted by atomic mass is 35.5. The van der Waals surface area contributed by atoms with E-state index in [2.05, 4.69) is 22.9 Å². The van der Waals surface area contributed by atoms with E-state index in [1.165, 1.54) is 5.69 Å². The van der Waals surface area contributed by atoms with Crippen molar-refractivity contribution < 1.29 is 4.74 Å². The minimum atomic E-state index is 0. The number of nitrogens with zero attached hydrogens (tertiary/aromatic N) is 6. The van der Waals surface area contributed by atoms with E-state index in [9.17, 15) is 0 Å². The maximum absolute atomic E-state index is 5.72. The summed E-state index contributed by atoms with van der Waals surface area (Å²) in [6.45, 7) is 4.01. The molecule has 0 bridgehead atoms. The molecule has 1 aromatic carbocycles. The van der Waals surface area contributed by atoms with Crippen LogP contribution in [0.5, 0.6) is 5.88 Å². The van der Waals surface area contributed by atoms with Crippen molar-refractivity contribution in [1.82, 2.24) is 24.7 Å². The molecule has 1 aliphatic heterocycles. The lowest BCUT2D eigenvalue weighted by Gasteiger charge is -2.32. The van der Waals surface area contributed by atoms with E-state index in [1.807, 2.05) is 53.5 Å². The number of ether oxygens (including phenoxy) is 1. The molecule has 0 unspecified atom stereocenters. The zero-order valence-electron chi connectivity index (χ0n) is 18.3. The average Bonchev–Trinajstić information content (AvgIpc) is 3.23. The molecular formula is C24H27ClN6O. The number of aryl methyl sites for hydroxylation is 1. The SMILES string of the molecule is CCc1nn(-c2ccccc2)c2nc(C3CCN(c4cccnc4)CC3)nc(OC)c12.Cl. The lowest BCUT2D eigenvalue weighted by molar-refractivity contribution is 0.395. The van der Waals surface area contributed by atoms with Gasteiger partial charge in [-0.05, 0) is 43.5 Å². The first-order valence-electron chi connectivity index (χ1n) is 10.8. The molecule has 4 heterocycles. The van der Waals surface area contributed by atoms with Crippen molar-refractivity contribution in [2.45, 2.75) is 32.1 Å². The molecule has 4 aromatic rings. The lowest BCUT2D eigenvalue weighted by atomic mass is 9.95. The summed E-state index contributed by atoms with van der Waals surface area (Å²) in [4.78, 5) is 16.5. The number of rotatable bonds is 5. The summed E-state index contributed by atoms with van der Waals surface area (Å²) in [6.07, 6.45) is 6.51. The van der Waals surface area contributed by atoms with Crippen LogP contribution in [0.25, 0.3) is 16.7 Å². The van der Waals surface area contributed by atoms with Gasteiger partial charge in [0.1, 0.15) is 11.2 Å². The molecule has 32 heavy (non-hydrogen) atoms. The standard InChI is InChI=1S/C24H26N6O.ClH/c1-3-20-21-23(30(28-20)18-8-5-4-6-9-18)26-22(27-24(21)31-2)17-11-14-29(15-12-17)19-10-7-13-25-16-19;/h4-10,13,16-17H,3,11-12,14-15H2,1-2H3;1H. The minimum Gasteiger partial charge on any atom is -0.480 e. The lowest BCUT2D eigenvalue weighted by Crippen LogP contribution is -2.33. The highest BCUT2D eigenvalue weighted by Crippen LogP contribution is 2.34. The molecule has 3 aromatic heterocycles. The predicted molar refractivity (Wildman–Crippen MR) is 128 cm³/mol. The third-order valence-electron chi connectivity index (χ3n) is 5.98. The summed E-state index contributed by atoms with van der Waals surface area (Å²) >= 11 is 0. The molecule has 0 saturated carbocycles. The molecule has 5 rings (SSSR count). The Morgan fingerprint density at radius 3 is 2.41 bits per heavy atom. The third-order valence-corrected chi connectivity index (χ3v) is 5.98. The number of pyridine rings is 1. The topological polar surface area (TPSA) is 69.0 Å². The van der Waals surface area contributed by atoms with Crippen LogP contribution < -0.4 is 9.64 Å². The second-order valence-electron chi connectivity index (χ2n) is 7.81. The number of benzene rings is 1. The molecule has 7 nitrogen and oxygen atoms in total. The van der Waals surface area contributed by atoms with Gasteiger partial charge in [-0.2, -0.15) is 10.1 Å². The summed E-state index contributed by atoms with van der Waals surface area (Å²) < 4.78 is 7.64. The van der Waals surface area contributed by atoms with Crippen LogP contribution in [-0.2, 0) is 6.42 Å². The second-order valence-corrected chi connectivity index (χ2v) is 7.81. The first-order chi connectivity index (χ1) is 15.3. The number of aromatic nitrogens is 5. The van der Waals surface area contributed by atoms with Gasteiger partial charge in [-0.1, -0.05) is 25.1 Å². The third kappa shape index (κ3) is 4.00. The molecule has 166 valence electrons. The van der Waals surface area contributed by atoms with Gasteiger partial charge in [-0.15, -0.1) is 12.4 Å². The van der Waals surface area contributed by atoms with Gasteiger partial charge in [0, 0.05) is 25.2 Å². The quantitative estimate of drug-likeness (QED) is 0.443. The summed E-state index contributed by atoms with van der Waals surface area (Å²) in [7, 11) is 1.68. The van der Waals surface area contributed by atoms with Crippen molar-refractivity contribution in [1.29, 1.82) is 0 Å². The number of methoxy groups -OCH3 is 1. The van der Waals surface area contributed by atoms with E-state index in [0.717, 1.165) is 60.6 Å². The Bertz CT molecular complexity index is 1170. The highest BCUT2D eigenvalue weighted by Gasteiger charge is 2.26. The maximum atomic E-state index is 5.72. The van der Waals surface area contributed by atoms with Crippen molar-refractivity contribution in [3.63, 3.8) is 0 Å². The summed E-state index contributed by atoms with van der Waals surface area (Å²) in [5, 5.41) is 5.75. The highest BCUT2D eigenvalue weighted by molar-refractivity contribution is 5.85. The van der Waals surface area contributed by atoms with Crippen LogP contribution in [0.15, 0.2) is 54.9 Å². The smallest absolute Gasteiger partial charge is 0.228 e. The van der Waals surface area contributed by atoms with Crippen molar-refractivity contribution in [2.75, 3.05) is 25.1 Å². The Kier molecular flexibility index (Phi) is 6.55. The normalized spacial score (nSPS) is 14.4. The molecular weight excluding hydrogens is 424 g/mol. The van der Waals surface area contributed by atoms with Crippen molar-refractivity contribution in [3.8, 4) is 11.6 Å². The first-order valence-corrected chi connectivity index (χ1v) is 10.8. The van der Waals surface area contributed by atoms with E-state index in [4.69, 9.17) is 19.8 Å². The fourth-order valence-corrected chi connectivity index (χ4v) is 4.33. The Hall–Kier alpha value is -3.19. The first kappa shape index (κ1) is 22.0. The number of piperidine rings is 1. The number of halogens is 1. The second kappa shape index (κ2) is 9.53. The Balaban J connectivity index is 0.00000245. The van der Waals surface area contributed by atoms with Crippen LogP contribution in [-0.4, -0.2) is 44.9 Å². The molecule has 8 heteroatoms. The van der Waals surface area contributed by atoms with Crippen LogP contribution in [0.2, 0.25) is 0 Å². The van der Waals surface area contributed by atoms with Gasteiger partial charge in [0.25, 0.3) is 0 Å². The molecule has 0 atom stereocenters. The zero-order chi connectivity index (χ0) is 21.2.